The Morgan fingerprint density at radius 2 is 2.30 bits per heavy atom. The van der Waals surface area contributed by atoms with Crippen LogP contribution >= 0.6 is 23.6 Å². The second-order valence-electron chi connectivity index (χ2n) is 4.60. The van der Waals surface area contributed by atoms with E-state index in [0.29, 0.717) is 10.3 Å². The maximum atomic E-state index is 9.17. The molecule has 2 heterocycles. The van der Waals surface area contributed by atoms with Crippen molar-refractivity contribution in [3.05, 3.63) is 44.6 Å². The summed E-state index contributed by atoms with van der Waals surface area (Å²) in [7, 11) is 0. The minimum atomic E-state index is 0.0453. The number of aromatic amines is 1. The van der Waals surface area contributed by atoms with Crippen molar-refractivity contribution in [2.24, 2.45) is 0 Å². The molecule has 4 nitrogen and oxygen atoms in total. The third-order valence-electron chi connectivity index (χ3n) is 3.26. The van der Waals surface area contributed by atoms with Crippen LogP contribution in [-0.2, 0) is 0 Å². The number of nitriles is 1. The van der Waals surface area contributed by atoms with Crippen molar-refractivity contribution in [3.63, 3.8) is 0 Å². The van der Waals surface area contributed by atoms with Crippen LogP contribution in [0, 0.1) is 23.0 Å². The Hall–Kier alpha value is -1.97. The van der Waals surface area contributed by atoms with Crippen LogP contribution < -0.4 is 0 Å². The molecule has 2 aromatic heterocycles. The molecule has 6 heteroatoms. The molecule has 0 aliphatic carbocycles. The van der Waals surface area contributed by atoms with E-state index in [0.717, 1.165) is 16.0 Å². The quantitative estimate of drug-likeness (QED) is 0.729. The highest BCUT2D eigenvalue weighted by Gasteiger charge is 2.17. The monoisotopic (exact) mass is 300 g/mol. The van der Waals surface area contributed by atoms with Gasteiger partial charge in [0.15, 0.2) is 4.77 Å². The molecule has 0 saturated carbocycles. The number of hydrogen-bond acceptors (Lipinski definition) is 4. The van der Waals surface area contributed by atoms with Gasteiger partial charge in [-0.2, -0.15) is 5.26 Å². The average molecular weight is 300 g/mol. The summed E-state index contributed by atoms with van der Waals surface area (Å²) in [4.78, 5) is 8.75. The Labute approximate surface area is 125 Å². The lowest BCUT2D eigenvalue weighted by molar-refractivity contribution is 0.644. The van der Waals surface area contributed by atoms with E-state index < -0.39 is 0 Å². The van der Waals surface area contributed by atoms with Gasteiger partial charge in [-0.3, -0.25) is 0 Å². The molecule has 3 aromatic rings. The van der Waals surface area contributed by atoms with Gasteiger partial charge in [0.2, 0.25) is 0 Å². The SMILES string of the molecule is Cc1cnc(C(C)n2c(=S)[nH]c3c(C#N)cccc32)s1. The van der Waals surface area contributed by atoms with E-state index in [-0.39, 0.29) is 6.04 Å². The lowest BCUT2D eigenvalue weighted by Gasteiger charge is -2.11. The number of aromatic nitrogens is 3. The molecule has 1 atom stereocenters. The largest absolute Gasteiger partial charge is 0.329 e. The van der Waals surface area contributed by atoms with E-state index in [1.807, 2.05) is 29.8 Å². The summed E-state index contributed by atoms with van der Waals surface area (Å²) in [6, 6.07) is 7.87. The fraction of sp³-hybridized carbons (Fsp3) is 0.214. The van der Waals surface area contributed by atoms with Gasteiger partial charge in [0.25, 0.3) is 0 Å². The van der Waals surface area contributed by atoms with Crippen LogP contribution in [0.15, 0.2) is 24.4 Å². The molecule has 100 valence electrons. The molecule has 1 unspecified atom stereocenters. The van der Waals surface area contributed by atoms with Crippen LogP contribution in [0.5, 0.6) is 0 Å². The minimum absolute atomic E-state index is 0.0453. The first-order valence-corrected chi connectivity index (χ1v) is 7.40. The maximum absolute atomic E-state index is 9.17. The molecule has 20 heavy (non-hydrogen) atoms. The highest BCUT2D eigenvalue weighted by molar-refractivity contribution is 7.71. The van der Waals surface area contributed by atoms with Crippen LogP contribution in [0.3, 0.4) is 0 Å². The number of nitrogens with zero attached hydrogens (tertiary/aromatic N) is 3. The normalized spacial score (nSPS) is 12.4. The van der Waals surface area contributed by atoms with Gasteiger partial charge < -0.3 is 9.55 Å². The van der Waals surface area contributed by atoms with Crippen LogP contribution in [-0.4, -0.2) is 14.5 Å². The fourth-order valence-corrected chi connectivity index (χ4v) is 3.48. The summed E-state index contributed by atoms with van der Waals surface area (Å²) >= 11 is 7.08. The molecule has 0 aliphatic heterocycles. The van der Waals surface area contributed by atoms with Crippen molar-refractivity contribution in [2.75, 3.05) is 0 Å². The third kappa shape index (κ3) is 1.96. The van der Waals surface area contributed by atoms with E-state index in [1.165, 1.54) is 4.88 Å². The minimum Gasteiger partial charge on any atom is -0.329 e. The summed E-state index contributed by atoms with van der Waals surface area (Å²) in [5.41, 5.74) is 2.34. The molecule has 0 spiro atoms. The lowest BCUT2D eigenvalue weighted by atomic mass is 10.2. The first-order valence-electron chi connectivity index (χ1n) is 6.17. The van der Waals surface area contributed by atoms with Crippen molar-refractivity contribution < 1.29 is 0 Å². The highest BCUT2D eigenvalue weighted by Crippen LogP contribution is 2.28. The van der Waals surface area contributed by atoms with E-state index >= 15 is 0 Å². The molecule has 3 rings (SSSR count). The van der Waals surface area contributed by atoms with Gasteiger partial charge in [0, 0.05) is 11.1 Å². The average Bonchev–Trinajstić information content (AvgIpc) is 3.00. The molecule has 1 N–H and O–H groups in total. The fourth-order valence-electron chi connectivity index (χ4n) is 2.30. The zero-order valence-electron chi connectivity index (χ0n) is 11.0. The third-order valence-corrected chi connectivity index (χ3v) is 4.64. The summed E-state index contributed by atoms with van der Waals surface area (Å²) in [5, 5.41) is 10.2. The van der Waals surface area contributed by atoms with Gasteiger partial charge in [-0.1, -0.05) is 6.07 Å². The molecule has 0 amide bonds. The smallest absolute Gasteiger partial charge is 0.178 e. The topological polar surface area (TPSA) is 57.4 Å². The standard InChI is InChI=1S/C14H12N4S2/c1-8-7-16-13(20-8)9(2)18-11-5-3-4-10(6-15)12(11)17-14(18)19/h3-5,7,9H,1-2H3,(H,17,19). The van der Waals surface area contributed by atoms with Gasteiger partial charge in [-0.15, -0.1) is 11.3 Å². The van der Waals surface area contributed by atoms with Crippen LogP contribution in [0.2, 0.25) is 0 Å². The van der Waals surface area contributed by atoms with Crippen molar-refractivity contribution in [3.8, 4) is 6.07 Å². The van der Waals surface area contributed by atoms with Crippen molar-refractivity contribution in [1.29, 1.82) is 5.26 Å². The van der Waals surface area contributed by atoms with Crippen molar-refractivity contribution in [1.82, 2.24) is 14.5 Å². The predicted octanol–water partition coefficient (Wildman–Crippen LogP) is 3.94. The van der Waals surface area contributed by atoms with E-state index in [4.69, 9.17) is 12.2 Å². The zero-order chi connectivity index (χ0) is 14.3. The number of para-hydroxylation sites is 1. The van der Waals surface area contributed by atoms with Gasteiger partial charge in [0.05, 0.1) is 22.6 Å². The molecule has 0 fully saturated rings. The first-order chi connectivity index (χ1) is 9.61. The Balaban J connectivity index is 2.24. The Morgan fingerprint density at radius 1 is 1.50 bits per heavy atom. The number of hydrogen-bond donors (Lipinski definition) is 1. The van der Waals surface area contributed by atoms with E-state index in [2.05, 4.69) is 23.0 Å². The van der Waals surface area contributed by atoms with Gasteiger partial charge in [-0.05, 0) is 38.2 Å². The van der Waals surface area contributed by atoms with Gasteiger partial charge in [0.1, 0.15) is 11.1 Å². The molecule has 0 aliphatic rings. The highest BCUT2D eigenvalue weighted by atomic mass is 32.1. The maximum Gasteiger partial charge on any atom is 0.178 e. The van der Waals surface area contributed by atoms with E-state index in [9.17, 15) is 5.26 Å². The number of nitrogens with one attached hydrogen (secondary N) is 1. The number of fused-ring (bicyclic) bond motifs is 1. The second-order valence-corrected chi connectivity index (χ2v) is 6.25. The number of benzene rings is 1. The number of H-pyrrole nitrogens is 1. The Kier molecular flexibility index (Phi) is 3.16. The zero-order valence-corrected chi connectivity index (χ0v) is 12.7. The molecule has 0 saturated heterocycles. The summed E-state index contributed by atoms with van der Waals surface area (Å²) in [5.74, 6) is 0. The van der Waals surface area contributed by atoms with Gasteiger partial charge >= 0.3 is 0 Å². The number of imidazole rings is 1. The first kappa shape index (κ1) is 13.0. The lowest BCUT2D eigenvalue weighted by Crippen LogP contribution is -2.06. The second kappa shape index (κ2) is 4.85. The van der Waals surface area contributed by atoms with Crippen LogP contribution in [0.1, 0.15) is 28.4 Å². The van der Waals surface area contributed by atoms with Gasteiger partial charge in [-0.25, -0.2) is 4.98 Å². The number of rotatable bonds is 2. The number of aryl methyl sites for hydroxylation is 1. The predicted molar refractivity (Wildman–Crippen MR) is 82.5 cm³/mol. The molecular weight excluding hydrogens is 288 g/mol. The van der Waals surface area contributed by atoms with E-state index in [1.54, 1.807) is 17.4 Å². The number of thiazole rings is 1. The molecule has 1 aromatic carbocycles. The molecule has 0 radical (unpaired) electrons. The van der Waals surface area contributed by atoms with Crippen molar-refractivity contribution >= 4 is 34.6 Å². The Bertz CT molecular complexity index is 879. The van der Waals surface area contributed by atoms with Crippen LogP contribution in [0.25, 0.3) is 11.0 Å². The molecule has 0 bridgehead atoms. The van der Waals surface area contributed by atoms with Crippen LogP contribution in [0.4, 0.5) is 0 Å². The summed E-state index contributed by atoms with van der Waals surface area (Å²) in [6.45, 7) is 4.11. The summed E-state index contributed by atoms with van der Waals surface area (Å²) < 4.78 is 2.63. The summed E-state index contributed by atoms with van der Waals surface area (Å²) in [6.07, 6.45) is 1.87. The Morgan fingerprint density at radius 3 is 2.95 bits per heavy atom. The molecular formula is C14H12N4S2. The van der Waals surface area contributed by atoms with Crippen molar-refractivity contribution in [2.45, 2.75) is 19.9 Å².